The lowest BCUT2D eigenvalue weighted by atomic mass is 9.67. The molecule has 0 spiro atoms. The number of piperidine rings is 3. The number of nitrogens with zero attached hydrogens (tertiary/aromatic N) is 1. The number of fused-ring (bicyclic) bond motifs is 3. The van der Waals surface area contributed by atoms with Gasteiger partial charge in [-0.25, -0.2) is 0 Å². The van der Waals surface area contributed by atoms with E-state index >= 15 is 0 Å². The Kier molecular flexibility index (Phi) is 7.67. The summed E-state index contributed by atoms with van der Waals surface area (Å²) < 4.78 is 87.1. The van der Waals surface area contributed by atoms with E-state index in [0.717, 1.165) is 11.1 Å². The van der Waals surface area contributed by atoms with E-state index in [-0.39, 0.29) is 29.5 Å². The predicted molar refractivity (Wildman–Crippen MR) is 136 cm³/mol. The number of hydrogen-bond donors (Lipinski definition) is 1. The van der Waals surface area contributed by atoms with Crippen molar-refractivity contribution < 1.29 is 35.9 Å². The first-order valence-corrected chi connectivity index (χ1v) is 13.0. The van der Waals surface area contributed by atoms with E-state index in [1.54, 1.807) is 0 Å². The minimum absolute atomic E-state index is 0.102. The summed E-state index contributed by atoms with van der Waals surface area (Å²) >= 11 is 0. The third kappa shape index (κ3) is 5.74. The van der Waals surface area contributed by atoms with Gasteiger partial charge in [-0.05, 0) is 47.9 Å². The number of amides is 1. The molecule has 3 aromatic carbocycles. The highest BCUT2D eigenvalue weighted by molar-refractivity contribution is 5.77. The Balaban J connectivity index is 1.55. The standard InChI is InChI=1S/C30H28F6N2O2/c31-29(32,33)21-13-18(14-22(15-21)30(34,35)36)17-40-27-23-11-12-38(16-24(23)28(37)39)26(27)25(19-7-3-1-4-8-19)20-9-5-2-6-10-20/h1-10,13-15,23-27H,11-12,16-17H2,(H2,37,39). The molecule has 4 nitrogen and oxygen atoms in total. The van der Waals surface area contributed by atoms with Crippen molar-refractivity contribution in [1.82, 2.24) is 4.90 Å². The van der Waals surface area contributed by atoms with Gasteiger partial charge in [0.15, 0.2) is 0 Å². The second-order valence-electron chi connectivity index (χ2n) is 10.4. The van der Waals surface area contributed by atoms with Crippen molar-refractivity contribution in [1.29, 1.82) is 0 Å². The smallest absolute Gasteiger partial charge is 0.372 e. The molecule has 6 rings (SSSR count). The van der Waals surface area contributed by atoms with Gasteiger partial charge in [-0.2, -0.15) is 26.3 Å². The van der Waals surface area contributed by atoms with Crippen LogP contribution in [0.4, 0.5) is 26.3 Å². The maximum Gasteiger partial charge on any atom is 0.416 e. The number of ether oxygens (including phenoxy) is 1. The van der Waals surface area contributed by atoms with Gasteiger partial charge in [-0.15, -0.1) is 0 Å². The Labute approximate surface area is 227 Å². The third-order valence-electron chi connectivity index (χ3n) is 7.99. The highest BCUT2D eigenvalue weighted by atomic mass is 19.4. The van der Waals surface area contributed by atoms with Crippen LogP contribution in [-0.2, 0) is 28.5 Å². The molecule has 212 valence electrons. The van der Waals surface area contributed by atoms with Gasteiger partial charge in [0.05, 0.1) is 29.8 Å². The molecule has 1 amide bonds. The Morgan fingerprint density at radius 2 is 1.40 bits per heavy atom. The molecule has 2 N–H and O–H groups in total. The number of rotatable bonds is 7. The molecule has 3 aromatic rings. The van der Waals surface area contributed by atoms with Gasteiger partial charge in [0.25, 0.3) is 0 Å². The van der Waals surface area contributed by atoms with Crippen LogP contribution in [0.5, 0.6) is 0 Å². The monoisotopic (exact) mass is 562 g/mol. The molecule has 10 heteroatoms. The van der Waals surface area contributed by atoms with E-state index in [1.807, 2.05) is 60.7 Å². The number of hydrogen-bond acceptors (Lipinski definition) is 3. The molecule has 3 fully saturated rings. The van der Waals surface area contributed by atoms with Gasteiger partial charge in [0, 0.05) is 24.4 Å². The average Bonchev–Trinajstić information content (AvgIpc) is 2.93. The SMILES string of the molecule is NC(=O)C1CN2CCC1C(OCc1cc(C(F)(F)F)cc(C(F)(F)F)c1)C2C(c1ccccc1)c1ccccc1. The molecule has 3 heterocycles. The molecule has 3 aliphatic heterocycles. The van der Waals surface area contributed by atoms with Crippen LogP contribution in [0.2, 0.25) is 0 Å². The van der Waals surface area contributed by atoms with Crippen molar-refractivity contribution in [3.05, 3.63) is 107 Å². The number of nitrogens with two attached hydrogens (primary N) is 1. The predicted octanol–water partition coefficient (Wildman–Crippen LogP) is 6.25. The summed E-state index contributed by atoms with van der Waals surface area (Å²) in [5.74, 6) is -1.61. The molecule has 5 unspecified atom stereocenters. The van der Waals surface area contributed by atoms with Gasteiger partial charge in [-0.1, -0.05) is 60.7 Å². The van der Waals surface area contributed by atoms with Crippen LogP contribution in [-0.4, -0.2) is 36.0 Å². The van der Waals surface area contributed by atoms with E-state index in [2.05, 4.69) is 4.90 Å². The van der Waals surface area contributed by atoms with E-state index in [4.69, 9.17) is 10.5 Å². The number of alkyl halides is 6. The summed E-state index contributed by atoms with van der Waals surface area (Å²) in [5, 5.41) is 0. The Hall–Kier alpha value is -3.37. The van der Waals surface area contributed by atoms with Crippen LogP contribution in [0.3, 0.4) is 0 Å². The second-order valence-corrected chi connectivity index (χ2v) is 10.4. The molecule has 3 aliphatic rings. The summed E-state index contributed by atoms with van der Waals surface area (Å²) in [6, 6.07) is 20.5. The highest BCUT2D eigenvalue weighted by Crippen LogP contribution is 2.46. The van der Waals surface area contributed by atoms with Crippen molar-refractivity contribution in [3.63, 3.8) is 0 Å². The molecule has 3 saturated heterocycles. The van der Waals surface area contributed by atoms with Crippen molar-refractivity contribution in [2.45, 2.75) is 43.4 Å². The van der Waals surface area contributed by atoms with Crippen LogP contribution in [0.1, 0.15) is 40.2 Å². The maximum absolute atomic E-state index is 13.5. The van der Waals surface area contributed by atoms with Crippen LogP contribution in [0, 0.1) is 11.8 Å². The van der Waals surface area contributed by atoms with Crippen molar-refractivity contribution >= 4 is 5.91 Å². The quantitative estimate of drug-likeness (QED) is 0.347. The van der Waals surface area contributed by atoms with Crippen molar-refractivity contribution in [2.75, 3.05) is 13.1 Å². The molecule has 0 radical (unpaired) electrons. The van der Waals surface area contributed by atoms with Gasteiger partial charge in [-0.3, -0.25) is 9.69 Å². The van der Waals surface area contributed by atoms with Crippen LogP contribution < -0.4 is 5.73 Å². The van der Waals surface area contributed by atoms with Gasteiger partial charge in [0.1, 0.15) is 0 Å². The first-order chi connectivity index (χ1) is 18.9. The van der Waals surface area contributed by atoms with E-state index in [0.29, 0.717) is 31.6 Å². The lowest BCUT2D eigenvalue weighted by Crippen LogP contribution is -2.66. The zero-order valence-corrected chi connectivity index (χ0v) is 21.3. The third-order valence-corrected chi connectivity index (χ3v) is 7.99. The Morgan fingerprint density at radius 1 is 0.875 bits per heavy atom. The molecule has 5 atom stereocenters. The molecular weight excluding hydrogens is 534 g/mol. The van der Waals surface area contributed by atoms with E-state index in [1.165, 1.54) is 0 Å². The number of carbonyl (C=O) groups excluding carboxylic acids is 1. The Morgan fingerprint density at radius 3 is 1.88 bits per heavy atom. The van der Waals surface area contributed by atoms with E-state index in [9.17, 15) is 31.1 Å². The number of primary amides is 1. The molecule has 0 aromatic heterocycles. The van der Waals surface area contributed by atoms with Gasteiger partial charge >= 0.3 is 12.4 Å². The minimum atomic E-state index is -4.96. The lowest BCUT2D eigenvalue weighted by Gasteiger charge is -2.55. The molecule has 0 aliphatic carbocycles. The van der Waals surface area contributed by atoms with E-state index < -0.39 is 48.0 Å². The number of carbonyl (C=O) groups is 1. The van der Waals surface area contributed by atoms with Gasteiger partial charge in [0.2, 0.25) is 5.91 Å². The van der Waals surface area contributed by atoms with Crippen molar-refractivity contribution in [3.8, 4) is 0 Å². The molecule has 2 bridgehead atoms. The first kappa shape index (κ1) is 28.2. The van der Waals surface area contributed by atoms with Gasteiger partial charge < -0.3 is 10.5 Å². The summed E-state index contributed by atoms with van der Waals surface area (Å²) in [6.45, 7) is 0.583. The topological polar surface area (TPSA) is 55.6 Å². The minimum Gasteiger partial charge on any atom is -0.372 e. The van der Waals surface area contributed by atoms with Crippen LogP contribution in [0.15, 0.2) is 78.9 Å². The number of benzene rings is 3. The molecular formula is C30H28F6N2O2. The molecule has 40 heavy (non-hydrogen) atoms. The fraction of sp³-hybridized carbons (Fsp3) is 0.367. The van der Waals surface area contributed by atoms with Crippen molar-refractivity contribution in [2.24, 2.45) is 17.6 Å². The zero-order chi connectivity index (χ0) is 28.7. The fourth-order valence-corrected chi connectivity index (χ4v) is 6.25. The average molecular weight is 563 g/mol. The normalized spacial score (nSPS) is 24.8. The maximum atomic E-state index is 13.5. The fourth-order valence-electron chi connectivity index (χ4n) is 6.25. The lowest BCUT2D eigenvalue weighted by molar-refractivity contribution is -0.158. The molecule has 0 saturated carbocycles. The van der Waals surface area contributed by atoms with Crippen LogP contribution in [0.25, 0.3) is 0 Å². The highest BCUT2D eigenvalue weighted by Gasteiger charge is 2.53. The number of halogens is 6. The summed E-state index contributed by atoms with van der Waals surface area (Å²) in [4.78, 5) is 14.5. The largest absolute Gasteiger partial charge is 0.416 e. The summed E-state index contributed by atoms with van der Waals surface area (Å²) in [6.07, 6.45) is -10.0. The Bertz CT molecular complexity index is 1260. The zero-order valence-electron chi connectivity index (χ0n) is 21.3. The summed E-state index contributed by atoms with van der Waals surface area (Å²) in [5.41, 5.74) is 4.65. The first-order valence-electron chi connectivity index (χ1n) is 13.0. The summed E-state index contributed by atoms with van der Waals surface area (Å²) in [7, 11) is 0. The van der Waals surface area contributed by atoms with Crippen LogP contribution >= 0.6 is 0 Å². The second kappa shape index (κ2) is 10.9.